The highest BCUT2D eigenvalue weighted by Gasteiger charge is 2.29. The zero-order chi connectivity index (χ0) is 17.0. The van der Waals surface area contributed by atoms with Crippen LogP contribution < -0.4 is 11.1 Å². The Kier molecular flexibility index (Phi) is 5.21. The number of hydrogen-bond donors (Lipinski definition) is 2. The topological polar surface area (TPSA) is 81.2 Å². The van der Waals surface area contributed by atoms with Crippen LogP contribution in [-0.4, -0.2) is 23.0 Å². The number of nitrogens with two attached hydrogens (primary N) is 1. The van der Waals surface area contributed by atoms with E-state index in [1.807, 2.05) is 37.3 Å². The first-order valence-electron chi connectivity index (χ1n) is 7.90. The van der Waals surface area contributed by atoms with E-state index in [-0.39, 0.29) is 11.7 Å². The Labute approximate surface area is 137 Å². The molecule has 0 spiro atoms. The molecule has 1 amide bonds. The van der Waals surface area contributed by atoms with Crippen LogP contribution >= 0.6 is 0 Å². The summed E-state index contributed by atoms with van der Waals surface area (Å²) in [4.78, 5) is 16.9. The summed E-state index contributed by atoms with van der Waals surface area (Å²) in [7, 11) is 0. The van der Waals surface area contributed by atoms with Crippen LogP contribution in [0.5, 0.6) is 0 Å². The lowest BCUT2D eigenvalue weighted by Gasteiger charge is -2.30. The summed E-state index contributed by atoms with van der Waals surface area (Å²) in [6, 6.07) is 9.53. The molecule has 1 unspecified atom stereocenters. The Morgan fingerprint density at radius 2 is 2.00 bits per heavy atom. The van der Waals surface area contributed by atoms with Crippen molar-refractivity contribution in [1.82, 2.24) is 10.3 Å². The van der Waals surface area contributed by atoms with Crippen molar-refractivity contribution in [2.24, 2.45) is 11.7 Å². The van der Waals surface area contributed by atoms with Gasteiger partial charge in [-0.05, 0) is 38.3 Å². The summed E-state index contributed by atoms with van der Waals surface area (Å²) < 4.78 is 5.69. The third-order valence-electron chi connectivity index (χ3n) is 3.75. The predicted octanol–water partition coefficient (Wildman–Crippen LogP) is 3.14. The molecule has 124 valence electrons. The van der Waals surface area contributed by atoms with Gasteiger partial charge in [-0.25, -0.2) is 4.98 Å². The quantitative estimate of drug-likeness (QED) is 0.858. The lowest BCUT2D eigenvalue weighted by Crippen LogP contribution is -2.52. The number of oxazole rings is 1. The van der Waals surface area contributed by atoms with Gasteiger partial charge in [0.25, 0.3) is 5.91 Å². The van der Waals surface area contributed by atoms with E-state index in [2.05, 4.69) is 24.1 Å². The minimum absolute atomic E-state index is 0.243. The van der Waals surface area contributed by atoms with E-state index in [1.54, 1.807) is 6.92 Å². The molecule has 5 nitrogen and oxygen atoms in total. The molecule has 2 aromatic rings. The van der Waals surface area contributed by atoms with Gasteiger partial charge < -0.3 is 15.5 Å². The van der Waals surface area contributed by atoms with Crippen molar-refractivity contribution in [2.75, 3.05) is 6.54 Å². The van der Waals surface area contributed by atoms with E-state index < -0.39 is 5.54 Å². The van der Waals surface area contributed by atoms with Gasteiger partial charge in [-0.2, -0.15) is 0 Å². The molecule has 2 rings (SSSR count). The standard InChI is InChI=1S/C18H25N3O2/c1-12(2)10-18(4,11-19)21-16(22)15-13(3)20-17(23-15)14-8-6-5-7-9-14/h5-9,12H,10-11,19H2,1-4H3,(H,21,22). The first kappa shape index (κ1) is 17.2. The van der Waals surface area contributed by atoms with Crippen LogP contribution in [0.2, 0.25) is 0 Å². The third kappa shape index (κ3) is 4.20. The van der Waals surface area contributed by atoms with Crippen molar-refractivity contribution >= 4 is 5.91 Å². The highest BCUT2D eigenvalue weighted by molar-refractivity contribution is 5.93. The van der Waals surface area contributed by atoms with E-state index in [0.717, 1.165) is 12.0 Å². The highest BCUT2D eigenvalue weighted by Crippen LogP contribution is 2.23. The summed E-state index contributed by atoms with van der Waals surface area (Å²) in [5, 5.41) is 3.00. The normalized spacial score (nSPS) is 13.8. The molecule has 1 atom stereocenters. The second-order valence-corrected chi connectivity index (χ2v) is 6.62. The minimum atomic E-state index is -0.461. The number of amides is 1. The maximum atomic E-state index is 12.6. The third-order valence-corrected chi connectivity index (χ3v) is 3.75. The number of aryl methyl sites for hydroxylation is 1. The molecule has 0 saturated carbocycles. The van der Waals surface area contributed by atoms with Gasteiger partial charge in [0.15, 0.2) is 0 Å². The van der Waals surface area contributed by atoms with Crippen molar-refractivity contribution in [1.29, 1.82) is 0 Å². The van der Waals surface area contributed by atoms with Gasteiger partial charge in [-0.3, -0.25) is 4.79 Å². The van der Waals surface area contributed by atoms with Crippen molar-refractivity contribution < 1.29 is 9.21 Å². The number of rotatable bonds is 6. The summed E-state index contributed by atoms with van der Waals surface area (Å²) in [5.41, 5.74) is 6.81. The van der Waals surface area contributed by atoms with Gasteiger partial charge in [-0.1, -0.05) is 32.0 Å². The zero-order valence-corrected chi connectivity index (χ0v) is 14.2. The van der Waals surface area contributed by atoms with Gasteiger partial charge in [0, 0.05) is 12.1 Å². The summed E-state index contributed by atoms with van der Waals surface area (Å²) >= 11 is 0. The SMILES string of the molecule is Cc1nc(-c2ccccc2)oc1C(=O)NC(C)(CN)CC(C)C. The molecule has 0 radical (unpaired) electrons. The molecule has 23 heavy (non-hydrogen) atoms. The Bertz CT molecular complexity index is 664. The molecule has 3 N–H and O–H groups in total. The first-order valence-corrected chi connectivity index (χ1v) is 7.90. The number of carbonyl (C=O) groups excluding carboxylic acids is 1. The summed E-state index contributed by atoms with van der Waals surface area (Å²) in [6.45, 7) is 8.30. The fourth-order valence-electron chi connectivity index (χ4n) is 2.73. The fourth-order valence-corrected chi connectivity index (χ4v) is 2.73. The molecule has 1 aromatic heterocycles. The summed E-state index contributed by atoms with van der Waals surface area (Å²) in [5.74, 6) is 0.851. The first-order chi connectivity index (χ1) is 10.8. The number of hydrogen-bond acceptors (Lipinski definition) is 4. The molecule has 0 bridgehead atoms. The molecular formula is C18H25N3O2. The fraction of sp³-hybridized carbons (Fsp3) is 0.444. The molecule has 1 heterocycles. The van der Waals surface area contributed by atoms with Crippen LogP contribution in [0.1, 0.15) is 43.4 Å². The Hall–Kier alpha value is -2.14. The van der Waals surface area contributed by atoms with E-state index in [0.29, 0.717) is 24.0 Å². The maximum Gasteiger partial charge on any atom is 0.289 e. The summed E-state index contributed by atoms with van der Waals surface area (Å²) in [6.07, 6.45) is 0.800. The van der Waals surface area contributed by atoms with Crippen LogP contribution in [0.3, 0.4) is 0 Å². The average molecular weight is 315 g/mol. The molecule has 1 aromatic carbocycles. The molecule has 0 saturated heterocycles. The van der Waals surface area contributed by atoms with Crippen molar-refractivity contribution in [3.63, 3.8) is 0 Å². The maximum absolute atomic E-state index is 12.6. The second kappa shape index (κ2) is 6.96. The lowest BCUT2D eigenvalue weighted by atomic mass is 9.90. The van der Waals surface area contributed by atoms with Crippen LogP contribution in [-0.2, 0) is 0 Å². The van der Waals surface area contributed by atoms with Crippen molar-refractivity contribution in [2.45, 2.75) is 39.7 Å². The minimum Gasteiger partial charge on any atom is -0.431 e. The Morgan fingerprint density at radius 1 is 1.35 bits per heavy atom. The number of carbonyl (C=O) groups is 1. The number of aromatic nitrogens is 1. The largest absolute Gasteiger partial charge is 0.431 e. The number of benzene rings is 1. The van der Waals surface area contributed by atoms with Crippen LogP contribution in [0, 0.1) is 12.8 Å². The van der Waals surface area contributed by atoms with E-state index in [1.165, 1.54) is 0 Å². The highest BCUT2D eigenvalue weighted by atomic mass is 16.4. The Morgan fingerprint density at radius 3 is 2.57 bits per heavy atom. The smallest absolute Gasteiger partial charge is 0.289 e. The van der Waals surface area contributed by atoms with Crippen LogP contribution in [0.4, 0.5) is 0 Å². The molecule has 0 aliphatic heterocycles. The predicted molar refractivity (Wildman–Crippen MR) is 91.1 cm³/mol. The molecule has 5 heteroatoms. The molecule has 0 aliphatic carbocycles. The second-order valence-electron chi connectivity index (χ2n) is 6.62. The van der Waals surface area contributed by atoms with Gasteiger partial charge >= 0.3 is 0 Å². The van der Waals surface area contributed by atoms with E-state index in [9.17, 15) is 4.79 Å². The van der Waals surface area contributed by atoms with Crippen molar-refractivity contribution in [3.8, 4) is 11.5 Å². The number of nitrogens with zero attached hydrogens (tertiary/aromatic N) is 1. The van der Waals surface area contributed by atoms with Crippen LogP contribution in [0.15, 0.2) is 34.7 Å². The van der Waals surface area contributed by atoms with Crippen LogP contribution in [0.25, 0.3) is 11.5 Å². The van der Waals surface area contributed by atoms with Crippen molar-refractivity contribution in [3.05, 3.63) is 41.8 Å². The molecule has 0 fully saturated rings. The lowest BCUT2D eigenvalue weighted by molar-refractivity contribution is 0.0869. The van der Waals surface area contributed by atoms with Gasteiger partial charge in [0.05, 0.1) is 11.2 Å². The van der Waals surface area contributed by atoms with Gasteiger partial charge in [0.1, 0.15) is 0 Å². The molecular weight excluding hydrogens is 290 g/mol. The van der Waals surface area contributed by atoms with E-state index >= 15 is 0 Å². The van der Waals surface area contributed by atoms with Gasteiger partial charge in [-0.15, -0.1) is 0 Å². The zero-order valence-electron chi connectivity index (χ0n) is 14.2. The van der Waals surface area contributed by atoms with E-state index in [4.69, 9.17) is 10.2 Å². The number of nitrogens with one attached hydrogen (secondary N) is 1. The average Bonchev–Trinajstić information content (AvgIpc) is 2.89. The van der Waals surface area contributed by atoms with Gasteiger partial charge in [0.2, 0.25) is 11.7 Å². The Balaban J connectivity index is 2.22. The molecule has 0 aliphatic rings. The monoisotopic (exact) mass is 315 g/mol.